The molecule has 1 heterocycles. The number of methoxy groups -OCH3 is 1. The highest BCUT2D eigenvalue weighted by Crippen LogP contribution is 2.46. The van der Waals surface area contributed by atoms with E-state index in [0.29, 0.717) is 19.3 Å². The zero-order valence-corrected chi connectivity index (χ0v) is 17.0. The molecule has 0 bridgehead atoms. The molecule has 4 atom stereocenters. The molecule has 1 aliphatic heterocycles. The Morgan fingerprint density at radius 3 is 2.85 bits per heavy atom. The zero-order chi connectivity index (χ0) is 19.6. The van der Waals surface area contributed by atoms with E-state index in [1.54, 1.807) is 0 Å². The third-order valence-electron chi connectivity index (χ3n) is 4.85. The van der Waals surface area contributed by atoms with Crippen molar-refractivity contribution >= 4 is 17.6 Å². The van der Waals surface area contributed by atoms with Crippen LogP contribution in [0, 0.1) is 5.92 Å². The number of carbonyl (C=O) groups is 1. The molecule has 2 unspecified atom stereocenters. The summed E-state index contributed by atoms with van der Waals surface area (Å²) in [5.74, 6) is 0.0383. The molecule has 1 saturated heterocycles. The van der Waals surface area contributed by atoms with Gasteiger partial charge in [0.05, 0.1) is 13.2 Å². The van der Waals surface area contributed by atoms with E-state index < -0.39 is 0 Å². The molecule has 0 aromatic heterocycles. The summed E-state index contributed by atoms with van der Waals surface area (Å²) in [5.41, 5.74) is 1.22. The van der Waals surface area contributed by atoms with Crippen molar-refractivity contribution in [2.75, 3.05) is 7.11 Å². The van der Waals surface area contributed by atoms with Gasteiger partial charge in [-0.2, -0.15) is 0 Å². The fourth-order valence-electron chi connectivity index (χ4n) is 3.26. The van der Waals surface area contributed by atoms with Crippen molar-refractivity contribution in [2.45, 2.75) is 70.2 Å². The first-order valence-corrected chi connectivity index (χ1v) is 10.2. The van der Waals surface area contributed by atoms with E-state index >= 15 is 0 Å². The van der Waals surface area contributed by atoms with Crippen molar-refractivity contribution < 1.29 is 19.4 Å². The van der Waals surface area contributed by atoms with Crippen LogP contribution in [0.15, 0.2) is 47.1 Å². The molecule has 2 rings (SSSR count). The topological polar surface area (TPSA) is 59.1 Å². The lowest BCUT2D eigenvalue weighted by atomic mass is 9.86. The summed E-state index contributed by atoms with van der Waals surface area (Å²) in [6, 6.07) is 0. The Balaban J connectivity index is 1.86. The number of aliphatic hydroxyl groups is 1. The van der Waals surface area contributed by atoms with Crippen LogP contribution in [-0.2, 0) is 14.3 Å². The second kappa shape index (κ2) is 11.5. The molecule has 4 nitrogen and oxygen atoms in total. The third-order valence-corrected chi connectivity index (χ3v) is 5.19. The molecule has 0 spiro atoms. The van der Waals surface area contributed by atoms with Crippen molar-refractivity contribution in [1.29, 1.82) is 0 Å². The number of halogens is 1. The minimum Gasteiger partial charge on any atom is -0.469 e. The molecule has 1 fully saturated rings. The first kappa shape index (κ1) is 21.9. The average Bonchev–Trinajstić information content (AvgIpc) is 3.45. The Labute approximate surface area is 167 Å². The van der Waals surface area contributed by atoms with E-state index in [2.05, 4.69) is 42.0 Å². The van der Waals surface area contributed by atoms with Gasteiger partial charge in [0, 0.05) is 17.4 Å². The molecular weight excluding hydrogens is 364 g/mol. The number of allylic oxidation sites excluding steroid dienone is 4. The number of fused-ring (bicyclic) bond motifs is 1. The van der Waals surface area contributed by atoms with Crippen molar-refractivity contribution in [2.24, 2.45) is 5.92 Å². The van der Waals surface area contributed by atoms with E-state index in [9.17, 15) is 9.90 Å². The van der Waals surface area contributed by atoms with Gasteiger partial charge in [-0.05, 0) is 44.1 Å². The minimum absolute atomic E-state index is 0.00957. The number of esters is 1. The SMILES string of the molecule is CC/C=C\C[C@H](O)C/C=C1/C2OC2C(Cl)=C[C@@H]1C/C=C\CCCC(=O)OC. The molecule has 1 aliphatic carbocycles. The van der Waals surface area contributed by atoms with Gasteiger partial charge in [0.1, 0.15) is 12.2 Å². The van der Waals surface area contributed by atoms with Crippen LogP contribution in [0.3, 0.4) is 0 Å². The van der Waals surface area contributed by atoms with Crippen LogP contribution in [-0.4, -0.2) is 36.5 Å². The van der Waals surface area contributed by atoms with Crippen LogP contribution in [0.2, 0.25) is 0 Å². The van der Waals surface area contributed by atoms with Crippen LogP contribution in [0.4, 0.5) is 0 Å². The number of ether oxygens (including phenoxy) is 2. The van der Waals surface area contributed by atoms with Gasteiger partial charge in [0.25, 0.3) is 0 Å². The molecule has 0 saturated carbocycles. The lowest BCUT2D eigenvalue weighted by Crippen LogP contribution is -2.15. The maximum absolute atomic E-state index is 11.1. The Morgan fingerprint density at radius 1 is 1.30 bits per heavy atom. The van der Waals surface area contributed by atoms with E-state index in [1.165, 1.54) is 12.7 Å². The molecular formula is C22H31ClO4. The number of unbranched alkanes of at least 4 members (excludes halogenated alkanes) is 1. The quantitative estimate of drug-likeness (QED) is 0.236. The molecule has 0 radical (unpaired) electrons. The number of rotatable bonds is 11. The predicted molar refractivity (Wildman–Crippen MR) is 108 cm³/mol. The van der Waals surface area contributed by atoms with Crippen molar-refractivity contribution in [3.63, 3.8) is 0 Å². The second-order valence-electron chi connectivity index (χ2n) is 7.02. The van der Waals surface area contributed by atoms with Crippen LogP contribution in [0.1, 0.15) is 51.9 Å². The minimum atomic E-state index is -0.367. The first-order valence-electron chi connectivity index (χ1n) is 9.84. The van der Waals surface area contributed by atoms with E-state index in [0.717, 1.165) is 30.7 Å². The first-order chi connectivity index (χ1) is 13.1. The number of epoxide rings is 1. The number of carbonyl (C=O) groups excluding carboxylic acids is 1. The molecule has 150 valence electrons. The largest absolute Gasteiger partial charge is 0.469 e. The Kier molecular flexibility index (Phi) is 9.32. The molecule has 0 aromatic carbocycles. The molecule has 2 aliphatic rings. The number of hydrogen-bond acceptors (Lipinski definition) is 4. The monoisotopic (exact) mass is 394 g/mol. The van der Waals surface area contributed by atoms with Gasteiger partial charge in [0.15, 0.2) is 0 Å². The maximum atomic E-state index is 11.1. The van der Waals surface area contributed by atoms with Gasteiger partial charge >= 0.3 is 5.97 Å². The van der Waals surface area contributed by atoms with Crippen molar-refractivity contribution in [3.8, 4) is 0 Å². The van der Waals surface area contributed by atoms with Gasteiger partial charge < -0.3 is 14.6 Å². The zero-order valence-electron chi connectivity index (χ0n) is 16.3. The highest BCUT2D eigenvalue weighted by Gasteiger charge is 2.48. The van der Waals surface area contributed by atoms with E-state index in [4.69, 9.17) is 16.3 Å². The Morgan fingerprint density at radius 2 is 2.11 bits per heavy atom. The van der Waals surface area contributed by atoms with Crippen LogP contribution >= 0.6 is 11.6 Å². The van der Waals surface area contributed by atoms with Crippen molar-refractivity contribution in [1.82, 2.24) is 0 Å². The smallest absolute Gasteiger partial charge is 0.305 e. The lowest BCUT2D eigenvalue weighted by Gasteiger charge is -2.19. The standard InChI is InChI=1S/C22H31ClO4/c1-3-4-7-11-17(24)13-14-18-16(15-19(23)22-21(18)27-22)10-8-5-6-9-12-20(25)26-2/h4-5,7-8,14-17,21-22,24H,3,6,9-13H2,1-2H3/b7-4-,8-5-,18-14+/t16-,17-,21?,22?/m0/s1. The molecule has 0 aromatic rings. The normalized spacial score (nSPS) is 27.0. The molecule has 1 N–H and O–H groups in total. The fourth-order valence-corrected chi connectivity index (χ4v) is 3.57. The Bertz CT molecular complexity index is 605. The van der Waals surface area contributed by atoms with Gasteiger partial charge in [-0.15, -0.1) is 0 Å². The van der Waals surface area contributed by atoms with Gasteiger partial charge in [0.2, 0.25) is 0 Å². The van der Waals surface area contributed by atoms with Crippen LogP contribution < -0.4 is 0 Å². The van der Waals surface area contributed by atoms with E-state index in [1.807, 2.05) is 6.08 Å². The summed E-state index contributed by atoms with van der Waals surface area (Å²) in [6.45, 7) is 2.08. The summed E-state index contributed by atoms with van der Waals surface area (Å²) in [5, 5.41) is 10.9. The molecule has 0 amide bonds. The predicted octanol–water partition coefficient (Wildman–Crippen LogP) is 4.83. The molecule has 5 heteroatoms. The number of aliphatic hydroxyl groups excluding tert-OH is 1. The highest BCUT2D eigenvalue weighted by molar-refractivity contribution is 6.30. The summed E-state index contributed by atoms with van der Waals surface area (Å²) in [7, 11) is 1.41. The summed E-state index contributed by atoms with van der Waals surface area (Å²) in [4.78, 5) is 11.1. The highest BCUT2D eigenvalue weighted by atomic mass is 35.5. The second-order valence-corrected chi connectivity index (χ2v) is 7.46. The fraction of sp³-hybridized carbons (Fsp3) is 0.591. The summed E-state index contributed by atoms with van der Waals surface area (Å²) < 4.78 is 10.3. The Hall–Kier alpha value is -1.36. The van der Waals surface area contributed by atoms with Gasteiger partial charge in [-0.3, -0.25) is 4.79 Å². The summed E-state index contributed by atoms with van der Waals surface area (Å²) >= 11 is 6.30. The average molecular weight is 395 g/mol. The van der Waals surface area contributed by atoms with Crippen LogP contribution in [0.5, 0.6) is 0 Å². The van der Waals surface area contributed by atoms with Crippen LogP contribution in [0.25, 0.3) is 0 Å². The third kappa shape index (κ3) is 7.28. The summed E-state index contributed by atoms with van der Waals surface area (Å²) in [6.07, 6.45) is 17.5. The molecule has 27 heavy (non-hydrogen) atoms. The lowest BCUT2D eigenvalue weighted by molar-refractivity contribution is -0.140. The van der Waals surface area contributed by atoms with Gasteiger partial charge in [-0.1, -0.05) is 55.0 Å². The van der Waals surface area contributed by atoms with Gasteiger partial charge in [-0.25, -0.2) is 0 Å². The number of hydrogen-bond donors (Lipinski definition) is 1. The maximum Gasteiger partial charge on any atom is 0.305 e. The van der Waals surface area contributed by atoms with E-state index in [-0.39, 0.29) is 30.2 Å². The van der Waals surface area contributed by atoms with Crippen molar-refractivity contribution in [3.05, 3.63) is 47.1 Å².